The largest absolute Gasteiger partial charge is 0.492 e. The van der Waals surface area contributed by atoms with Gasteiger partial charge in [-0.2, -0.15) is 0 Å². The summed E-state index contributed by atoms with van der Waals surface area (Å²) in [6.45, 7) is 7.04. The maximum Gasteiger partial charge on any atom is 0.224 e. The quantitative estimate of drug-likeness (QED) is 0.504. The van der Waals surface area contributed by atoms with Gasteiger partial charge < -0.3 is 10.1 Å². The Morgan fingerprint density at radius 2 is 1.80 bits per heavy atom. The second-order valence-electron chi connectivity index (χ2n) is 6.88. The summed E-state index contributed by atoms with van der Waals surface area (Å²) < 4.78 is 7.61. The Bertz CT molecular complexity index is 739. The number of ether oxygens (including phenoxy) is 1. The van der Waals surface area contributed by atoms with E-state index in [0.29, 0.717) is 19.4 Å². The smallest absolute Gasteiger partial charge is 0.224 e. The average Bonchev–Trinajstić information content (AvgIpc) is 2.54. The second kappa shape index (κ2) is 8.86. The predicted molar refractivity (Wildman–Crippen MR) is 110 cm³/mol. The Morgan fingerprint density at radius 3 is 2.44 bits per heavy atom. The topological polar surface area (TPSA) is 38.3 Å². The Balaban J connectivity index is 1.79. The van der Waals surface area contributed by atoms with Crippen LogP contribution >= 0.6 is 31.9 Å². The molecule has 25 heavy (non-hydrogen) atoms. The van der Waals surface area contributed by atoms with E-state index in [0.717, 1.165) is 20.4 Å². The van der Waals surface area contributed by atoms with E-state index < -0.39 is 0 Å². The predicted octanol–water partition coefficient (Wildman–Crippen LogP) is 6.31. The molecule has 0 heterocycles. The van der Waals surface area contributed by atoms with E-state index in [4.69, 9.17) is 4.74 Å². The summed E-state index contributed by atoms with van der Waals surface area (Å²) in [5.74, 6) is 0.789. The van der Waals surface area contributed by atoms with Crippen molar-refractivity contribution in [2.45, 2.75) is 39.0 Å². The molecule has 1 N–H and O–H groups in total. The Kier molecular flexibility index (Phi) is 7.08. The van der Waals surface area contributed by atoms with Gasteiger partial charge in [-0.15, -0.1) is 0 Å². The molecule has 0 saturated heterocycles. The fraction of sp³-hybridized carbons (Fsp3) is 0.350. The van der Waals surface area contributed by atoms with Crippen LogP contribution in [-0.2, 0) is 10.2 Å². The number of nitrogens with one attached hydrogen (secondary N) is 1. The van der Waals surface area contributed by atoms with Gasteiger partial charge >= 0.3 is 0 Å². The Labute approximate surface area is 166 Å². The summed E-state index contributed by atoms with van der Waals surface area (Å²) in [4.78, 5) is 12.0. The van der Waals surface area contributed by atoms with Crippen molar-refractivity contribution >= 4 is 43.5 Å². The Hall–Kier alpha value is -1.33. The number of anilines is 1. The van der Waals surface area contributed by atoms with Gasteiger partial charge in [-0.1, -0.05) is 39.0 Å². The van der Waals surface area contributed by atoms with Crippen LogP contribution in [0.25, 0.3) is 0 Å². The molecule has 0 aromatic heterocycles. The van der Waals surface area contributed by atoms with Crippen LogP contribution in [0, 0.1) is 0 Å². The molecular weight excluding hydrogens is 446 g/mol. The first-order valence-electron chi connectivity index (χ1n) is 8.24. The maximum absolute atomic E-state index is 12.0. The van der Waals surface area contributed by atoms with Crippen molar-refractivity contribution in [1.29, 1.82) is 0 Å². The average molecular weight is 469 g/mol. The number of rotatable bonds is 6. The van der Waals surface area contributed by atoms with Gasteiger partial charge in [0.1, 0.15) is 5.75 Å². The fourth-order valence-corrected chi connectivity index (χ4v) is 3.15. The molecule has 0 aliphatic heterocycles. The second-order valence-corrected chi connectivity index (χ2v) is 8.58. The Morgan fingerprint density at radius 1 is 1.08 bits per heavy atom. The molecular formula is C20H23Br2NO2. The normalized spacial score (nSPS) is 11.2. The van der Waals surface area contributed by atoms with Gasteiger partial charge in [-0.05, 0) is 73.5 Å². The lowest BCUT2D eigenvalue weighted by atomic mass is 9.87. The van der Waals surface area contributed by atoms with Crippen LogP contribution in [0.2, 0.25) is 0 Å². The van der Waals surface area contributed by atoms with E-state index >= 15 is 0 Å². The van der Waals surface area contributed by atoms with Crippen LogP contribution in [0.1, 0.15) is 39.2 Å². The summed E-state index contributed by atoms with van der Waals surface area (Å²) in [6, 6.07) is 13.7. The maximum atomic E-state index is 12.0. The lowest BCUT2D eigenvalue weighted by Gasteiger charge is -2.20. The highest BCUT2D eigenvalue weighted by atomic mass is 79.9. The number of carbonyl (C=O) groups excluding carboxylic acids is 1. The lowest BCUT2D eigenvalue weighted by Crippen LogP contribution is -2.13. The number of carbonyl (C=O) groups is 1. The summed E-state index contributed by atoms with van der Waals surface area (Å²) >= 11 is 6.98. The summed E-state index contributed by atoms with van der Waals surface area (Å²) in [7, 11) is 0. The number of para-hydroxylation sites is 1. The van der Waals surface area contributed by atoms with Crippen LogP contribution in [0.3, 0.4) is 0 Å². The first kappa shape index (κ1) is 20.0. The van der Waals surface area contributed by atoms with E-state index in [1.165, 1.54) is 5.56 Å². The first-order valence-corrected chi connectivity index (χ1v) is 9.83. The summed E-state index contributed by atoms with van der Waals surface area (Å²) in [5.41, 5.74) is 2.14. The molecule has 5 heteroatoms. The molecule has 2 rings (SSSR count). The van der Waals surface area contributed by atoms with E-state index in [1.807, 2.05) is 30.3 Å². The molecule has 134 valence electrons. The zero-order chi connectivity index (χ0) is 18.4. The summed E-state index contributed by atoms with van der Waals surface area (Å²) in [6.07, 6.45) is 1.07. The van der Waals surface area contributed by atoms with Gasteiger partial charge in [0.2, 0.25) is 5.91 Å². The third-order valence-electron chi connectivity index (χ3n) is 3.75. The number of benzene rings is 2. The molecule has 2 aromatic rings. The zero-order valence-electron chi connectivity index (χ0n) is 14.7. The minimum atomic E-state index is -0.0161. The highest BCUT2D eigenvalue weighted by molar-refractivity contribution is 9.11. The van der Waals surface area contributed by atoms with Crippen molar-refractivity contribution in [2.75, 3.05) is 11.9 Å². The lowest BCUT2D eigenvalue weighted by molar-refractivity contribution is -0.116. The van der Waals surface area contributed by atoms with Crippen molar-refractivity contribution in [3.8, 4) is 5.75 Å². The van der Waals surface area contributed by atoms with Crippen LogP contribution in [0.4, 0.5) is 5.69 Å². The molecule has 0 atom stereocenters. The van der Waals surface area contributed by atoms with Crippen molar-refractivity contribution in [1.82, 2.24) is 0 Å². The SMILES string of the molecule is CC(C)(C)c1ccc(OCCCC(=O)Nc2ccccc2Br)c(Br)c1. The van der Waals surface area contributed by atoms with Crippen molar-refractivity contribution in [2.24, 2.45) is 0 Å². The number of halogens is 2. The van der Waals surface area contributed by atoms with Gasteiger partial charge in [0.25, 0.3) is 0 Å². The molecule has 0 aliphatic carbocycles. The third kappa shape index (κ3) is 6.15. The standard InChI is InChI=1S/C20H23Br2NO2/c1-20(2,3)14-10-11-18(16(22)13-14)25-12-6-9-19(24)23-17-8-5-4-7-15(17)21/h4-5,7-8,10-11,13H,6,9,12H2,1-3H3,(H,23,24). The van der Waals surface area contributed by atoms with E-state index in [2.05, 4.69) is 70.1 Å². The monoisotopic (exact) mass is 467 g/mol. The van der Waals surface area contributed by atoms with E-state index in [-0.39, 0.29) is 11.3 Å². The highest BCUT2D eigenvalue weighted by Gasteiger charge is 2.15. The molecule has 3 nitrogen and oxygen atoms in total. The summed E-state index contributed by atoms with van der Waals surface area (Å²) in [5, 5.41) is 2.89. The van der Waals surface area contributed by atoms with Gasteiger partial charge in [0, 0.05) is 10.9 Å². The number of hydrogen-bond donors (Lipinski definition) is 1. The first-order chi connectivity index (χ1) is 11.8. The zero-order valence-corrected chi connectivity index (χ0v) is 17.9. The highest BCUT2D eigenvalue weighted by Crippen LogP contribution is 2.31. The molecule has 0 spiro atoms. The van der Waals surface area contributed by atoms with Crippen molar-refractivity contribution in [3.63, 3.8) is 0 Å². The third-order valence-corrected chi connectivity index (χ3v) is 5.06. The van der Waals surface area contributed by atoms with Crippen LogP contribution in [0.5, 0.6) is 5.75 Å². The minimum Gasteiger partial charge on any atom is -0.492 e. The van der Waals surface area contributed by atoms with Gasteiger partial charge in [0.05, 0.1) is 16.8 Å². The molecule has 0 saturated carbocycles. The van der Waals surface area contributed by atoms with E-state index in [9.17, 15) is 4.79 Å². The van der Waals surface area contributed by atoms with Crippen molar-refractivity contribution < 1.29 is 9.53 Å². The fourth-order valence-electron chi connectivity index (χ4n) is 2.27. The molecule has 0 fully saturated rings. The van der Waals surface area contributed by atoms with Gasteiger partial charge in [-0.25, -0.2) is 0 Å². The number of hydrogen-bond acceptors (Lipinski definition) is 2. The van der Waals surface area contributed by atoms with E-state index in [1.54, 1.807) is 0 Å². The van der Waals surface area contributed by atoms with Crippen LogP contribution in [0.15, 0.2) is 51.4 Å². The minimum absolute atomic E-state index is 0.0161. The molecule has 0 radical (unpaired) electrons. The molecule has 1 amide bonds. The van der Waals surface area contributed by atoms with Crippen LogP contribution < -0.4 is 10.1 Å². The molecule has 0 bridgehead atoms. The van der Waals surface area contributed by atoms with Crippen molar-refractivity contribution in [3.05, 3.63) is 57.0 Å². The van der Waals surface area contributed by atoms with Crippen LogP contribution in [-0.4, -0.2) is 12.5 Å². The molecule has 0 unspecified atom stereocenters. The van der Waals surface area contributed by atoms with Gasteiger partial charge in [0.15, 0.2) is 0 Å². The molecule has 2 aromatic carbocycles. The molecule has 0 aliphatic rings. The van der Waals surface area contributed by atoms with Gasteiger partial charge in [-0.3, -0.25) is 4.79 Å². The number of amides is 1.